The molecule has 2 fully saturated rings. The van der Waals surface area contributed by atoms with Crippen LogP contribution >= 0.6 is 12.4 Å². The summed E-state index contributed by atoms with van der Waals surface area (Å²) in [7, 11) is 0. The van der Waals surface area contributed by atoms with Gasteiger partial charge in [-0.1, -0.05) is 12.8 Å². The summed E-state index contributed by atoms with van der Waals surface area (Å²) in [5.74, 6) is -0.184. The van der Waals surface area contributed by atoms with Crippen LogP contribution in [0.3, 0.4) is 0 Å². The molecule has 0 unspecified atom stereocenters. The summed E-state index contributed by atoms with van der Waals surface area (Å²) in [5.41, 5.74) is 6.67. The van der Waals surface area contributed by atoms with Gasteiger partial charge in [0, 0.05) is 17.3 Å². The fraction of sp³-hybridized carbons (Fsp3) is 0.500. The molecule has 1 aromatic rings. The van der Waals surface area contributed by atoms with Crippen molar-refractivity contribution in [1.29, 1.82) is 0 Å². The third-order valence-corrected chi connectivity index (χ3v) is 4.27. The first-order chi connectivity index (χ1) is 10.1. The first kappa shape index (κ1) is 16.8. The molecule has 0 aromatic heterocycles. The highest BCUT2D eigenvalue weighted by Crippen LogP contribution is 2.28. The monoisotopic (exact) mass is 323 g/mol. The molecule has 0 radical (unpaired) electrons. The van der Waals surface area contributed by atoms with Crippen LogP contribution in [0.4, 0.5) is 5.69 Å². The van der Waals surface area contributed by atoms with Crippen LogP contribution in [0.2, 0.25) is 0 Å². The number of nitrogens with one attached hydrogen (secondary N) is 2. The number of nitrogens with two attached hydrogens (primary N) is 1. The van der Waals surface area contributed by atoms with Crippen molar-refractivity contribution in [3.63, 3.8) is 0 Å². The minimum Gasteiger partial charge on any atom is -0.349 e. The molecule has 0 bridgehead atoms. The summed E-state index contributed by atoms with van der Waals surface area (Å²) in [5, 5.41) is 5.78. The Morgan fingerprint density at radius 3 is 2.23 bits per heavy atom. The molecule has 0 spiro atoms. The van der Waals surface area contributed by atoms with Crippen LogP contribution in [-0.2, 0) is 4.79 Å². The SMILES string of the molecule is Cl.NC1(C(=O)Nc2ccc(C(=O)NC3CC3)cc2)CCCC1. The zero-order valence-corrected chi connectivity index (χ0v) is 13.2. The summed E-state index contributed by atoms with van der Waals surface area (Å²) in [6.45, 7) is 0. The molecule has 3 rings (SSSR count). The van der Waals surface area contributed by atoms with E-state index in [4.69, 9.17) is 5.73 Å². The predicted molar refractivity (Wildman–Crippen MR) is 88.2 cm³/mol. The quantitative estimate of drug-likeness (QED) is 0.794. The van der Waals surface area contributed by atoms with E-state index in [2.05, 4.69) is 10.6 Å². The first-order valence-electron chi connectivity index (χ1n) is 7.58. The predicted octanol–water partition coefficient (Wildman–Crippen LogP) is 2.21. The van der Waals surface area contributed by atoms with Crippen molar-refractivity contribution in [3.05, 3.63) is 29.8 Å². The van der Waals surface area contributed by atoms with Gasteiger partial charge in [-0.15, -0.1) is 12.4 Å². The minimum atomic E-state index is -0.734. The molecule has 2 aliphatic rings. The van der Waals surface area contributed by atoms with Crippen molar-refractivity contribution in [2.75, 3.05) is 5.32 Å². The molecule has 5 nitrogen and oxygen atoms in total. The Kier molecular flexibility index (Phi) is 5.08. The van der Waals surface area contributed by atoms with Gasteiger partial charge in [0.2, 0.25) is 5.91 Å². The molecule has 2 amide bonds. The second-order valence-electron chi connectivity index (χ2n) is 6.14. The zero-order valence-electron chi connectivity index (χ0n) is 12.4. The normalized spacial score (nSPS) is 19.1. The Labute approximate surface area is 136 Å². The summed E-state index contributed by atoms with van der Waals surface area (Å²) in [6.07, 6.45) is 5.62. The van der Waals surface area contributed by atoms with Gasteiger partial charge in [-0.05, 0) is 49.9 Å². The Balaban J connectivity index is 0.00000176. The van der Waals surface area contributed by atoms with Gasteiger partial charge >= 0.3 is 0 Å². The molecule has 0 atom stereocenters. The van der Waals surface area contributed by atoms with Crippen molar-refractivity contribution in [1.82, 2.24) is 5.32 Å². The molecule has 0 saturated heterocycles. The van der Waals surface area contributed by atoms with E-state index in [1.807, 2.05) is 0 Å². The second-order valence-corrected chi connectivity index (χ2v) is 6.14. The second kappa shape index (κ2) is 6.67. The average Bonchev–Trinajstić information content (AvgIpc) is 3.17. The molecule has 4 N–H and O–H groups in total. The Hall–Kier alpha value is -1.59. The molecule has 120 valence electrons. The number of hydrogen-bond acceptors (Lipinski definition) is 3. The molecule has 1 aromatic carbocycles. The van der Waals surface area contributed by atoms with Gasteiger partial charge in [-0.3, -0.25) is 9.59 Å². The van der Waals surface area contributed by atoms with Crippen LogP contribution in [0.1, 0.15) is 48.9 Å². The molecule has 2 saturated carbocycles. The van der Waals surface area contributed by atoms with Crippen LogP contribution in [0.25, 0.3) is 0 Å². The van der Waals surface area contributed by atoms with E-state index in [-0.39, 0.29) is 24.2 Å². The number of hydrogen-bond donors (Lipinski definition) is 3. The van der Waals surface area contributed by atoms with Gasteiger partial charge in [-0.2, -0.15) is 0 Å². The van der Waals surface area contributed by atoms with Crippen LogP contribution in [0.15, 0.2) is 24.3 Å². The first-order valence-corrected chi connectivity index (χ1v) is 7.58. The van der Waals surface area contributed by atoms with E-state index >= 15 is 0 Å². The molecule has 22 heavy (non-hydrogen) atoms. The third kappa shape index (κ3) is 3.78. The number of carbonyl (C=O) groups is 2. The van der Waals surface area contributed by atoms with Gasteiger partial charge < -0.3 is 16.4 Å². The minimum absolute atomic E-state index is 0. The largest absolute Gasteiger partial charge is 0.349 e. The van der Waals surface area contributed by atoms with Crippen molar-refractivity contribution < 1.29 is 9.59 Å². The van der Waals surface area contributed by atoms with E-state index in [1.54, 1.807) is 24.3 Å². The third-order valence-electron chi connectivity index (χ3n) is 4.27. The number of rotatable bonds is 4. The highest BCUT2D eigenvalue weighted by Gasteiger charge is 2.36. The lowest BCUT2D eigenvalue weighted by Crippen LogP contribution is -2.48. The molecule has 0 aliphatic heterocycles. The van der Waals surface area contributed by atoms with Crippen molar-refractivity contribution in [2.24, 2.45) is 5.73 Å². The van der Waals surface area contributed by atoms with E-state index < -0.39 is 5.54 Å². The summed E-state index contributed by atoms with van der Waals surface area (Å²) < 4.78 is 0. The lowest BCUT2D eigenvalue weighted by atomic mass is 9.98. The standard InChI is InChI=1S/C16H21N3O2.ClH/c17-16(9-1-2-10-16)15(21)19-13-5-3-11(4-6-13)14(20)18-12-7-8-12;/h3-6,12H,1-2,7-10,17H2,(H,18,20)(H,19,21);1H. The molecule has 6 heteroatoms. The number of anilines is 1. The van der Waals surface area contributed by atoms with Gasteiger partial charge in [0.1, 0.15) is 0 Å². The Morgan fingerprint density at radius 2 is 1.68 bits per heavy atom. The Morgan fingerprint density at radius 1 is 1.09 bits per heavy atom. The lowest BCUT2D eigenvalue weighted by Gasteiger charge is -2.22. The van der Waals surface area contributed by atoms with Crippen LogP contribution in [0.5, 0.6) is 0 Å². The van der Waals surface area contributed by atoms with E-state index in [0.29, 0.717) is 17.3 Å². The number of amides is 2. The van der Waals surface area contributed by atoms with E-state index in [1.165, 1.54) is 0 Å². The van der Waals surface area contributed by atoms with Crippen LogP contribution < -0.4 is 16.4 Å². The van der Waals surface area contributed by atoms with Crippen molar-refractivity contribution in [3.8, 4) is 0 Å². The maximum Gasteiger partial charge on any atom is 0.251 e. The van der Waals surface area contributed by atoms with Crippen molar-refractivity contribution in [2.45, 2.75) is 50.1 Å². The average molecular weight is 324 g/mol. The highest BCUT2D eigenvalue weighted by atomic mass is 35.5. The topological polar surface area (TPSA) is 84.2 Å². The molecular weight excluding hydrogens is 302 g/mol. The maximum atomic E-state index is 12.2. The molecule has 2 aliphatic carbocycles. The molecular formula is C16H22ClN3O2. The van der Waals surface area contributed by atoms with E-state index in [9.17, 15) is 9.59 Å². The van der Waals surface area contributed by atoms with Crippen molar-refractivity contribution >= 4 is 29.9 Å². The fourth-order valence-corrected chi connectivity index (χ4v) is 2.69. The lowest BCUT2D eigenvalue weighted by molar-refractivity contribution is -0.121. The number of halogens is 1. The number of benzene rings is 1. The summed E-state index contributed by atoms with van der Waals surface area (Å²) >= 11 is 0. The Bertz CT molecular complexity index is 549. The smallest absolute Gasteiger partial charge is 0.251 e. The van der Waals surface area contributed by atoms with Gasteiger partial charge in [-0.25, -0.2) is 0 Å². The van der Waals surface area contributed by atoms with Crippen LogP contribution in [-0.4, -0.2) is 23.4 Å². The number of carbonyl (C=O) groups excluding carboxylic acids is 2. The van der Waals surface area contributed by atoms with Gasteiger partial charge in [0.15, 0.2) is 0 Å². The van der Waals surface area contributed by atoms with E-state index in [0.717, 1.165) is 38.5 Å². The summed E-state index contributed by atoms with van der Waals surface area (Å²) in [6, 6.07) is 7.29. The molecule has 0 heterocycles. The fourth-order valence-electron chi connectivity index (χ4n) is 2.69. The zero-order chi connectivity index (χ0) is 14.9. The van der Waals surface area contributed by atoms with Gasteiger partial charge in [0.05, 0.1) is 5.54 Å². The maximum absolute atomic E-state index is 12.2. The highest BCUT2D eigenvalue weighted by molar-refractivity contribution is 5.99. The van der Waals surface area contributed by atoms with Gasteiger partial charge in [0.25, 0.3) is 5.91 Å². The summed E-state index contributed by atoms with van der Waals surface area (Å²) in [4.78, 5) is 24.1. The van der Waals surface area contributed by atoms with Crippen LogP contribution in [0, 0.1) is 0 Å².